The highest BCUT2D eigenvalue weighted by atomic mass is 19.1. The van der Waals surface area contributed by atoms with Crippen LogP contribution in [-0.2, 0) is 14.3 Å². The average molecular weight is 580 g/mol. The molecule has 2 saturated heterocycles. The van der Waals surface area contributed by atoms with Crippen LogP contribution in [0.3, 0.4) is 0 Å². The Morgan fingerprint density at radius 3 is 2.29 bits per heavy atom. The number of hydrogen-bond donors (Lipinski definition) is 0. The van der Waals surface area contributed by atoms with E-state index in [1.54, 1.807) is 13.0 Å². The summed E-state index contributed by atoms with van der Waals surface area (Å²) >= 11 is 0. The van der Waals surface area contributed by atoms with Crippen molar-refractivity contribution in [3.8, 4) is 0 Å². The van der Waals surface area contributed by atoms with Crippen molar-refractivity contribution in [2.24, 2.45) is 29.1 Å². The van der Waals surface area contributed by atoms with Crippen LogP contribution >= 0.6 is 0 Å². The monoisotopic (exact) mass is 579 g/mol. The second-order valence-corrected chi connectivity index (χ2v) is 14.2. The highest BCUT2D eigenvalue weighted by Crippen LogP contribution is 2.43. The van der Waals surface area contributed by atoms with Crippen LogP contribution in [0.4, 0.5) is 4.39 Å². The van der Waals surface area contributed by atoms with Crippen molar-refractivity contribution in [1.82, 2.24) is 14.7 Å². The smallest absolute Gasteiger partial charge is 0.223 e. The molecule has 230 valence electrons. The van der Waals surface area contributed by atoms with Crippen molar-refractivity contribution < 1.29 is 18.7 Å². The number of benzene rings is 1. The maximum atomic E-state index is 15.5. The number of halogens is 1. The summed E-state index contributed by atoms with van der Waals surface area (Å²) in [7, 11) is 0. The standard InChI is InChI=1S/C35H50FN3O3/c1-24-19-31(42-23-27-11-12-27)30(36)21-29(24)34(28-9-7-6-8-10-28)38-17-18-39(32(22-38)35(3,4)5)33(41)20-26-13-15-37(16-14-26)25(2)40/h6-10,19,21,24,26-27,29,32,34H,11-18,20,22-23H2,1-5H3. The van der Waals surface area contributed by atoms with Crippen molar-refractivity contribution in [1.29, 1.82) is 0 Å². The summed E-state index contributed by atoms with van der Waals surface area (Å²) in [5, 5.41) is 0. The Morgan fingerprint density at radius 2 is 1.67 bits per heavy atom. The fourth-order valence-corrected chi connectivity index (χ4v) is 7.06. The zero-order chi connectivity index (χ0) is 30.0. The van der Waals surface area contributed by atoms with Gasteiger partial charge in [-0.1, -0.05) is 58.0 Å². The fraction of sp³-hybridized carbons (Fsp3) is 0.657. The van der Waals surface area contributed by atoms with Crippen molar-refractivity contribution in [2.45, 2.75) is 78.8 Å². The molecule has 2 heterocycles. The summed E-state index contributed by atoms with van der Waals surface area (Å²) in [6, 6.07) is 10.5. The van der Waals surface area contributed by atoms with E-state index < -0.39 is 0 Å². The molecule has 2 amide bonds. The number of piperazine rings is 1. The lowest BCUT2D eigenvalue weighted by Crippen LogP contribution is -2.61. The molecule has 2 aliphatic carbocycles. The van der Waals surface area contributed by atoms with Crippen molar-refractivity contribution in [3.63, 3.8) is 0 Å². The number of nitrogens with zero attached hydrogens (tertiary/aromatic N) is 3. The van der Waals surface area contributed by atoms with Gasteiger partial charge < -0.3 is 14.5 Å². The van der Waals surface area contributed by atoms with Crippen LogP contribution in [0, 0.1) is 29.1 Å². The molecule has 42 heavy (non-hydrogen) atoms. The lowest BCUT2D eigenvalue weighted by Gasteiger charge is -2.51. The number of piperidine rings is 1. The van der Waals surface area contributed by atoms with E-state index in [4.69, 9.17) is 4.74 Å². The molecule has 3 fully saturated rings. The van der Waals surface area contributed by atoms with Gasteiger partial charge in [-0.25, -0.2) is 4.39 Å². The molecule has 1 saturated carbocycles. The van der Waals surface area contributed by atoms with Gasteiger partial charge in [0.2, 0.25) is 11.8 Å². The normalized spacial score (nSPS) is 26.9. The third kappa shape index (κ3) is 7.27. The molecule has 6 nitrogen and oxygen atoms in total. The number of amides is 2. The first-order valence-electron chi connectivity index (χ1n) is 16.1. The van der Waals surface area contributed by atoms with Gasteiger partial charge >= 0.3 is 0 Å². The number of likely N-dealkylation sites (tertiary alicyclic amines) is 1. The number of carbonyl (C=O) groups excluding carboxylic acids is 2. The van der Waals surface area contributed by atoms with E-state index in [0.717, 1.165) is 39.0 Å². The molecule has 4 aliphatic rings. The molecule has 2 aliphatic heterocycles. The van der Waals surface area contributed by atoms with Crippen LogP contribution in [0.25, 0.3) is 0 Å². The highest BCUT2D eigenvalue weighted by Gasteiger charge is 2.43. The predicted molar refractivity (Wildman–Crippen MR) is 164 cm³/mol. The average Bonchev–Trinajstić information content (AvgIpc) is 3.79. The van der Waals surface area contributed by atoms with Gasteiger partial charge in [-0.05, 0) is 66.6 Å². The quantitative estimate of drug-likeness (QED) is 0.360. The first-order chi connectivity index (χ1) is 20.0. The lowest BCUT2D eigenvalue weighted by atomic mass is 9.77. The molecule has 0 N–H and O–H groups in total. The second-order valence-electron chi connectivity index (χ2n) is 14.2. The maximum Gasteiger partial charge on any atom is 0.223 e. The molecule has 4 unspecified atom stereocenters. The number of allylic oxidation sites excluding steroid dienone is 2. The summed E-state index contributed by atoms with van der Waals surface area (Å²) < 4.78 is 21.4. The molecule has 0 radical (unpaired) electrons. The highest BCUT2D eigenvalue weighted by molar-refractivity contribution is 5.77. The molecule has 0 bridgehead atoms. The Hall–Kier alpha value is -2.67. The van der Waals surface area contributed by atoms with Crippen molar-refractivity contribution in [2.75, 3.05) is 39.3 Å². The summed E-state index contributed by atoms with van der Waals surface area (Å²) in [6.45, 7) is 14.7. The third-order valence-corrected chi connectivity index (χ3v) is 9.92. The van der Waals surface area contributed by atoms with Gasteiger partial charge in [0, 0.05) is 64.1 Å². The van der Waals surface area contributed by atoms with E-state index in [2.05, 4.69) is 61.8 Å². The molecule has 5 rings (SSSR count). The van der Waals surface area contributed by atoms with Crippen LogP contribution in [0.2, 0.25) is 0 Å². The van der Waals surface area contributed by atoms with Gasteiger partial charge in [0.05, 0.1) is 6.61 Å². The molecule has 4 atom stereocenters. The van der Waals surface area contributed by atoms with E-state index in [1.807, 2.05) is 17.0 Å². The number of carbonyl (C=O) groups is 2. The first-order valence-corrected chi connectivity index (χ1v) is 16.1. The molecule has 0 aromatic heterocycles. The van der Waals surface area contributed by atoms with Crippen molar-refractivity contribution >= 4 is 11.8 Å². The summed E-state index contributed by atoms with van der Waals surface area (Å²) in [5.41, 5.74) is 1.06. The van der Waals surface area contributed by atoms with Gasteiger partial charge in [0.25, 0.3) is 0 Å². The summed E-state index contributed by atoms with van der Waals surface area (Å²) in [5.74, 6) is 1.45. The first kappa shape index (κ1) is 30.8. The Labute approximate surface area is 251 Å². The van der Waals surface area contributed by atoms with Gasteiger partial charge in [-0.3, -0.25) is 14.5 Å². The second kappa shape index (κ2) is 12.9. The Morgan fingerprint density at radius 1 is 0.976 bits per heavy atom. The molecular formula is C35H50FN3O3. The minimum absolute atomic E-state index is 0.00816. The zero-order valence-electron chi connectivity index (χ0n) is 26.2. The molecular weight excluding hydrogens is 529 g/mol. The van der Waals surface area contributed by atoms with Gasteiger partial charge in [0.15, 0.2) is 11.6 Å². The van der Waals surface area contributed by atoms with Gasteiger partial charge in [-0.15, -0.1) is 0 Å². The predicted octanol–water partition coefficient (Wildman–Crippen LogP) is 6.37. The molecule has 7 heteroatoms. The number of rotatable bonds is 8. The van der Waals surface area contributed by atoms with E-state index in [9.17, 15) is 9.59 Å². The van der Waals surface area contributed by atoms with Crippen LogP contribution < -0.4 is 0 Å². The van der Waals surface area contributed by atoms with E-state index in [-0.39, 0.29) is 47.0 Å². The minimum Gasteiger partial charge on any atom is -0.491 e. The molecule has 0 spiro atoms. The van der Waals surface area contributed by atoms with E-state index in [0.29, 0.717) is 37.2 Å². The topological polar surface area (TPSA) is 53.1 Å². The third-order valence-electron chi connectivity index (χ3n) is 9.92. The Kier molecular flexibility index (Phi) is 9.46. The minimum atomic E-state index is -0.253. The van der Waals surface area contributed by atoms with Crippen molar-refractivity contribution in [3.05, 3.63) is 59.6 Å². The maximum absolute atomic E-state index is 15.5. The van der Waals surface area contributed by atoms with Crippen LogP contribution in [0.15, 0.2) is 54.1 Å². The molecule has 1 aromatic carbocycles. The SMILES string of the molecule is CC(=O)N1CCC(CC(=O)N2CCN(C(c3ccccc3)C3C=C(F)C(OCC4CC4)=CC3C)CC2C(C)(C)C)CC1. The zero-order valence-corrected chi connectivity index (χ0v) is 26.2. The summed E-state index contributed by atoms with van der Waals surface area (Å²) in [6.07, 6.45) is 8.45. The Bertz CT molecular complexity index is 1160. The Balaban J connectivity index is 1.33. The number of ether oxygens (including phenoxy) is 1. The van der Waals surface area contributed by atoms with Gasteiger partial charge in [0.1, 0.15) is 0 Å². The van der Waals surface area contributed by atoms with E-state index in [1.165, 1.54) is 18.4 Å². The van der Waals surface area contributed by atoms with Crippen LogP contribution in [0.1, 0.15) is 78.3 Å². The van der Waals surface area contributed by atoms with Gasteiger partial charge in [-0.2, -0.15) is 0 Å². The summed E-state index contributed by atoms with van der Waals surface area (Å²) in [4.78, 5) is 32.0. The van der Waals surface area contributed by atoms with Crippen LogP contribution in [0.5, 0.6) is 0 Å². The fourth-order valence-electron chi connectivity index (χ4n) is 7.06. The molecule has 1 aromatic rings. The number of hydrogen-bond acceptors (Lipinski definition) is 4. The largest absolute Gasteiger partial charge is 0.491 e. The van der Waals surface area contributed by atoms with Crippen LogP contribution in [-0.4, -0.2) is 71.9 Å². The van der Waals surface area contributed by atoms with E-state index >= 15 is 4.39 Å². The lowest BCUT2D eigenvalue weighted by molar-refractivity contribution is -0.142.